The van der Waals surface area contributed by atoms with E-state index >= 15 is 0 Å². The Morgan fingerprint density at radius 3 is 2.56 bits per heavy atom. The summed E-state index contributed by atoms with van der Waals surface area (Å²) in [5, 5.41) is 3.45. The molecule has 0 aliphatic carbocycles. The smallest absolute Gasteiger partial charge is 0.112 e. The van der Waals surface area contributed by atoms with Crippen molar-refractivity contribution in [3.05, 3.63) is 47.2 Å². The summed E-state index contributed by atoms with van der Waals surface area (Å²) < 4.78 is 0. The van der Waals surface area contributed by atoms with E-state index in [0.29, 0.717) is 11.1 Å². The molecule has 2 aromatic rings. The van der Waals surface area contributed by atoms with E-state index in [1.807, 2.05) is 37.3 Å². The summed E-state index contributed by atoms with van der Waals surface area (Å²) in [4.78, 5) is 8.08. The molecule has 0 saturated carbocycles. The van der Waals surface area contributed by atoms with Gasteiger partial charge in [0.15, 0.2) is 0 Å². The van der Waals surface area contributed by atoms with Gasteiger partial charge in [0.25, 0.3) is 0 Å². The van der Waals surface area contributed by atoms with Crippen LogP contribution in [0.25, 0.3) is 0 Å². The standard InChI is InChI=1S/C11H9ClN3.Y/c1-8-7-13-11(15-10(8)12)14-9-5-3-2-4-6-9;/h2-6H,1H3,(H,13,14,15);/q-1;. The van der Waals surface area contributed by atoms with Crippen LogP contribution in [0.4, 0.5) is 11.6 Å². The SMILES string of the molecule is Cc1[c-]nc(Nc2ccccc2)nc1Cl.[Y]. The van der Waals surface area contributed by atoms with Crippen LogP contribution in [-0.2, 0) is 32.7 Å². The molecule has 16 heavy (non-hydrogen) atoms. The number of para-hydroxylation sites is 1. The van der Waals surface area contributed by atoms with Crippen molar-refractivity contribution in [2.45, 2.75) is 6.92 Å². The van der Waals surface area contributed by atoms with Crippen molar-refractivity contribution < 1.29 is 32.7 Å². The zero-order valence-corrected chi connectivity index (χ0v) is 12.3. The Morgan fingerprint density at radius 2 is 1.94 bits per heavy atom. The number of aryl methyl sites for hydroxylation is 1. The van der Waals surface area contributed by atoms with Gasteiger partial charge >= 0.3 is 0 Å². The number of aromatic nitrogens is 2. The maximum Gasteiger partial charge on any atom is 0.112 e. The van der Waals surface area contributed by atoms with Gasteiger partial charge in [0.1, 0.15) is 5.95 Å². The van der Waals surface area contributed by atoms with Crippen molar-refractivity contribution >= 4 is 23.2 Å². The van der Waals surface area contributed by atoms with Crippen molar-refractivity contribution in [3.63, 3.8) is 0 Å². The van der Waals surface area contributed by atoms with Crippen LogP contribution >= 0.6 is 11.6 Å². The van der Waals surface area contributed by atoms with E-state index in [0.717, 1.165) is 11.3 Å². The molecule has 2 rings (SSSR count). The van der Waals surface area contributed by atoms with Crippen LogP contribution in [0.2, 0.25) is 5.15 Å². The van der Waals surface area contributed by atoms with Gasteiger partial charge in [-0.2, -0.15) is 0 Å². The quantitative estimate of drug-likeness (QED) is 0.685. The van der Waals surface area contributed by atoms with E-state index in [1.54, 1.807) is 0 Å². The zero-order chi connectivity index (χ0) is 10.7. The van der Waals surface area contributed by atoms with Crippen LogP contribution in [-0.4, -0.2) is 9.97 Å². The molecule has 0 spiro atoms. The van der Waals surface area contributed by atoms with Gasteiger partial charge < -0.3 is 15.3 Å². The Bertz CT molecular complexity index is 462. The minimum absolute atomic E-state index is 0. The predicted octanol–water partition coefficient (Wildman–Crippen LogP) is 2.98. The summed E-state index contributed by atoms with van der Waals surface area (Å²) in [6, 6.07) is 9.66. The van der Waals surface area contributed by atoms with E-state index in [1.165, 1.54) is 0 Å². The summed E-state index contributed by atoms with van der Waals surface area (Å²) in [7, 11) is 0. The van der Waals surface area contributed by atoms with Gasteiger partial charge in [-0.25, -0.2) is 0 Å². The Labute approximate surface area is 125 Å². The molecular formula is C11H9ClN3Y-. The molecule has 1 aromatic heterocycles. The third-order valence-electron chi connectivity index (χ3n) is 1.87. The monoisotopic (exact) mass is 307 g/mol. The molecule has 0 aliphatic rings. The third-order valence-corrected chi connectivity index (χ3v) is 2.24. The molecule has 0 aliphatic heterocycles. The second-order valence-electron chi connectivity index (χ2n) is 3.07. The molecule has 1 N–H and O–H groups in total. The molecule has 0 fully saturated rings. The van der Waals surface area contributed by atoms with E-state index < -0.39 is 0 Å². The number of halogens is 1. The molecular weight excluding hydrogens is 299 g/mol. The van der Waals surface area contributed by atoms with Gasteiger partial charge in [-0.3, -0.25) is 0 Å². The Kier molecular flexibility index (Phi) is 5.32. The molecule has 0 unspecified atom stereocenters. The average Bonchev–Trinajstić information content (AvgIpc) is 2.25. The molecule has 1 radical (unpaired) electrons. The molecule has 3 nitrogen and oxygen atoms in total. The largest absolute Gasteiger partial charge is 0.378 e. The summed E-state index contributed by atoms with van der Waals surface area (Å²) in [6.45, 7) is 1.81. The first-order valence-corrected chi connectivity index (χ1v) is 4.87. The van der Waals surface area contributed by atoms with Crippen LogP contribution < -0.4 is 5.32 Å². The molecule has 0 amide bonds. The van der Waals surface area contributed by atoms with Crippen molar-refractivity contribution in [2.75, 3.05) is 5.32 Å². The molecule has 1 heterocycles. The number of hydrogen-bond donors (Lipinski definition) is 1. The number of nitrogens with zero attached hydrogens (tertiary/aromatic N) is 2. The van der Waals surface area contributed by atoms with Crippen molar-refractivity contribution in [3.8, 4) is 0 Å². The van der Waals surface area contributed by atoms with Crippen LogP contribution in [0.3, 0.4) is 0 Å². The van der Waals surface area contributed by atoms with E-state index in [4.69, 9.17) is 11.6 Å². The molecule has 0 atom stereocenters. The summed E-state index contributed by atoms with van der Waals surface area (Å²) in [6.07, 6.45) is 2.78. The van der Waals surface area contributed by atoms with Crippen LogP contribution in [0.1, 0.15) is 5.56 Å². The fourth-order valence-electron chi connectivity index (χ4n) is 1.09. The number of hydrogen-bond acceptors (Lipinski definition) is 3. The third kappa shape index (κ3) is 3.51. The van der Waals surface area contributed by atoms with E-state index in [9.17, 15) is 0 Å². The van der Waals surface area contributed by atoms with Crippen LogP contribution in [0.15, 0.2) is 30.3 Å². The Balaban J connectivity index is 0.00000128. The van der Waals surface area contributed by atoms with Crippen molar-refractivity contribution in [1.29, 1.82) is 0 Å². The fraction of sp³-hybridized carbons (Fsp3) is 0.0909. The van der Waals surface area contributed by atoms with Gasteiger partial charge in [-0.05, 0) is 12.1 Å². The number of anilines is 2. The second kappa shape index (κ2) is 6.28. The predicted molar refractivity (Wildman–Crippen MR) is 60.3 cm³/mol. The molecule has 0 saturated heterocycles. The summed E-state index contributed by atoms with van der Waals surface area (Å²) in [5.74, 6) is 0.455. The van der Waals surface area contributed by atoms with Gasteiger partial charge in [-0.1, -0.05) is 31.3 Å². The minimum Gasteiger partial charge on any atom is -0.378 e. The first-order valence-electron chi connectivity index (χ1n) is 4.49. The maximum absolute atomic E-state index is 5.86. The van der Waals surface area contributed by atoms with Gasteiger partial charge in [0.05, 0.1) is 0 Å². The topological polar surface area (TPSA) is 37.8 Å². The number of nitrogens with one attached hydrogen (secondary N) is 1. The van der Waals surface area contributed by atoms with Gasteiger partial charge in [0.2, 0.25) is 0 Å². The van der Waals surface area contributed by atoms with Crippen molar-refractivity contribution in [2.24, 2.45) is 0 Å². The minimum atomic E-state index is 0. The average molecular weight is 308 g/mol. The molecule has 79 valence electrons. The first kappa shape index (κ1) is 13.6. The molecule has 1 aromatic carbocycles. The first-order chi connectivity index (χ1) is 7.25. The zero-order valence-electron chi connectivity index (χ0n) is 8.74. The summed E-state index contributed by atoms with van der Waals surface area (Å²) in [5.41, 5.74) is 1.67. The maximum atomic E-state index is 5.86. The molecule has 5 heteroatoms. The van der Waals surface area contributed by atoms with Crippen LogP contribution in [0.5, 0.6) is 0 Å². The summed E-state index contributed by atoms with van der Waals surface area (Å²) >= 11 is 5.86. The van der Waals surface area contributed by atoms with E-state index in [-0.39, 0.29) is 32.7 Å². The van der Waals surface area contributed by atoms with Crippen molar-refractivity contribution in [1.82, 2.24) is 9.97 Å². The Hall–Kier alpha value is -0.506. The number of rotatable bonds is 2. The normalized spacial score (nSPS) is 9.38. The second-order valence-corrected chi connectivity index (χ2v) is 3.42. The van der Waals surface area contributed by atoms with Crippen LogP contribution in [0, 0.1) is 13.1 Å². The Morgan fingerprint density at radius 1 is 1.25 bits per heavy atom. The number of benzene rings is 1. The fourth-order valence-corrected chi connectivity index (χ4v) is 1.21. The van der Waals surface area contributed by atoms with Gasteiger partial charge in [-0.15, -0.1) is 17.2 Å². The van der Waals surface area contributed by atoms with E-state index in [2.05, 4.69) is 21.5 Å². The van der Waals surface area contributed by atoms with Gasteiger partial charge in [0, 0.05) is 43.5 Å². The molecule has 0 bridgehead atoms.